The van der Waals surface area contributed by atoms with Gasteiger partial charge in [0, 0.05) is 10.9 Å². The molecule has 0 fully saturated rings. The minimum absolute atomic E-state index is 0.493. The van der Waals surface area contributed by atoms with E-state index in [0.29, 0.717) is 6.04 Å². The monoisotopic (exact) mass is 254 g/mol. The highest BCUT2D eigenvalue weighted by Crippen LogP contribution is 2.30. The molecule has 0 saturated heterocycles. The molecule has 0 aliphatic rings. The summed E-state index contributed by atoms with van der Waals surface area (Å²) in [6.45, 7) is 12.1. The first-order chi connectivity index (χ1) is 8.08. The Morgan fingerprint density at radius 2 is 2.00 bits per heavy atom. The summed E-state index contributed by atoms with van der Waals surface area (Å²) in [4.78, 5) is 5.98. The topological polar surface area (TPSA) is 24.9 Å². The van der Waals surface area contributed by atoms with Crippen molar-refractivity contribution in [2.45, 2.75) is 59.9 Å². The van der Waals surface area contributed by atoms with Crippen LogP contribution in [-0.2, 0) is 0 Å². The van der Waals surface area contributed by atoms with Crippen LogP contribution in [0, 0.1) is 19.8 Å². The highest BCUT2D eigenvalue weighted by atomic mass is 32.1. The van der Waals surface area contributed by atoms with Crippen LogP contribution in [0.25, 0.3) is 0 Å². The third-order valence-corrected chi connectivity index (χ3v) is 4.31. The van der Waals surface area contributed by atoms with Crippen molar-refractivity contribution in [1.82, 2.24) is 10.3 Å². The van der Waals surface area contributed by atoms with Gasteiger partial charge in [-0.15, -0.1) is 11.3 Å². The van der Waals surface area contributed by atoms with Gasteiger partial charge in [0.05, 0.1) is 10.7 Å². The first-order valence-corrected chi connectivity index (χ1v) is 7.57. The van der Waals surface area contributed by atoms with Gasteiger partial charge in [-0.1, -0.05) is 33.6 Å². The van der Waals surface area contributed by atoms with Gasteiger partial charge in [-0.05, 0) is 32.7 Å². The van der Waals surface area contributed by atoms with Gasteiger partial charge in [0.25, 0.3) is 0 Å². The SMILES string of the molecule is CCCC(C)CC(NCC)c1sc(C)nc1C. The molecule has 1 aromatic heterocycles. The lowest BCUT2D eigenvalue weighted by atomic mass is 9.96. The smallest absolute Gasteiger partial charge is 0.0900 e. The Hall–Kier alpha value is -0.410. The van der Waals surface area contributed by atoms with E-state index in [1.807, 2.05) is 11.3 Å². The van der Waals surface area contributed by atoms with Gasteiger partial charge in [-0.25, -0.2) is 4.98 Å². The Balaban J connectivity index is 2.74. The van der Waals surface area contributed by atoms with E-state index >= 15 is 0 Å². The zero-order chi connectivity index (χ0) is 12.8. The Labute approximate surface area is 110 Å². The highest BCUT2D eigenvalue weighted by Gasteiger charge is 2.18. The van der Waals surface area contributed by atoms with Crippen LogP contribution in [0.4, 0.5) is 0 Å². The molecule has 0 aliphatic heterocycles. The third kappa shape index (κ3) is 4.40. The minimum atomic E-state index is 0.493. The van der Waals surface area contributed by atoms with Crippen LogP contribution >= 0.6 is 11.3 Å². The fourth-order valence-electron chi connectivity index (χ4n) is 2.41. The number of nitrogens with one attached hydrogen (secondary N) is 1. The van der Waals surface area contributed by atoms with Crippen LogP contribution in [-0.4, -0.2) is 11.5 Å². The Bertz CT molecular complexity index is 333. The van der Waals surface area contributed by atoms with E-state index in [-0.39, 0.29) is 0 Å². The number of aryl methyl sites for hydroxylation is 2. The number of nitrogens with zero attached hydrogens (tertiary/aromatic N) is 1. The molecule has 2 nitrogen and oxygen atoms in total. The summed E-state index contributed by atoms with van der Waals surface area (Å²) in [5.41, 5.74) is 1.21. The number of aromatic nitrogens is 1. The van der Waals surface area contributed by atoms with Crippen molar-refractivity contribution in [1.29, 1.82) is 0 Å². The van der Waals surface area contributed by atoms with E-state index in [2.05, 4.69) is 44.9 Å². The van der Waals surface area contributed by atoms with Gasteiger partial charge in [-0.2, -0.15) is 0 Å². The molecule has 0 radical (unpaired) electrons. The molecule has 0 spiro atoms. The summed E-state index contributed by atoms with van der Waals surface area (Å²) in [6, 6.07) is 0.493. The molecular weight excluding hydrogens is 228 g/mol. The first-order valence-electron chi connectivity index (χ1n) is 6.75. The van der Waals surface area contributed by atoms with Crippen LogP contribution in [0.1, 0.15) is 61.7 Å². The maximum Gasteiger partial charge on any atom is 0.0900 e. The first kappa shape index (κ1) is 14.7. The molecule has 0 bridgehead atoms. The van der Waals surface area contributed by atoms with Gasteiger partial charge in [0.2, 0.25) is 0 Å². The molecule has 3 heteroatoms. The summed E-state index contributed by atoms with van der Waals surface area (Å²) in [7, 11) is 0. The van der Waals surface area contributed by atoms with Crippen LogP contribution in [0.2, 0.25) is 0 Å². The summed E-state index contributed by atoms with van der Waals surface area (Å²) in [6.07, 6.45) is 3.82. The number of hydrogen-bond donors (Lipinski definition) is 1. The lowest BCUT2D eigenvalue weighted by Crippen LogP contribution is -2.22. The third-order valence-electron chi connectivity index (χ3n) is 3.13. The lowest BCUT2D eigenvalue weighted by Gasteiger charge is -2.21. The van der Waals surface area contributed by atoms with Crippen LogP contribution in [0.5, 0.6) is 0 Å². The standard InChI is InChI=1S/C14H26N2S/c1-6-8-10(3)9-13(15-7-2)14-11(4)16-12(5)17-14/h10,13,15H,6-9H2,1-5H3. The second-order valence-electron chi connectivity index (χ2n) is 4.92. The molecule has 2 atom stereocenters. The van der Waals surface area contributed by atoms with Crippen molar-refractivity contribution < 1.29 is 0 Å². The van der Waals surface area contributed by atoms with E-state index in [1.54, 1.807) is 0 Å². The normalized spacial score (nSPS) is 14.9. The van der Waals surface area contributed by atoms with Crippen molar-refractivity contribution >= 4 is 11.3 Å². The van der Waals surface area contributed by atoms with E-state index in [4.69, 9.17) is 0 Å². The molecule has 1 aromatic rings. The lowest BCUT2D eigenvalue weighted by molar-refractivity contribution is 0.398. The Morgan fingerprint density at radius 1 is 1.29 bits per heavy atom. The molecular formula is C14H26N2S. The van der Waals surface area contributed by atoms with E-state index < -0.39 is 0 Å². The van der Waals surface area contributed by atoms with Gasteiger partial charge in [0.1, 0.15) is 0 Å². The van der Waals surface area contributed by atoms with Crippen molar-refractivity contribution in [3.8, 4) is 0 Å². The molecule has 98 valence electrons. The van der Waals surface area contributed by atoms with Gasteiger partial charge < -0.3 is 5.32 Å². The molecule has 1 heterocycles. The second-order valence-corrected chi connectivity index (χ2v) is 6.16. The fourth-order valence-corrected chi connectivity index (χ4v) is 3.43. The average Bonchev–Trinajstić information content (AvgIpc) is 2.57. The predicted octanol–water partition coefficient (Wildman–Crippen LogP) is 4.24. The van der Waals surface area contributed by atoms with E-state index in [0.717, 1.165) is 12.5 Å². The van der Waals surface area contributed by atoms with E-state index in [9.17, 15) is 0 Å². The largest absolute Gasteiger partial charge is 0.309 e. The molecule has 0 saturated carbocycles. The molecule has 0 aromatic carbocycles. The quantitative estimate of drug-likeness (QED) is 0.787. The van der Waals surface area contributed by atoms with Crippen molar-refractivity contribution in [2.24, 2.45) is 5.92 Å². The Morgan fingerprint density at radius 3 is 2.47 bits per heavy atom. The zero-order valence-corrected chi connectivity index (χ0v) is 12.7. The molecule has 2 unspecified atom stereocenters. The maximum atomic E-state index is 4.55. The number of hydrogen-bond acceptors (Lipinski definition) is 3. The van der Waals surface area contributed by atoms with Crippen molar-refractivity contribution in [3.05, 3.63) is 15.6 Å². The van der Waals surface area contributed by atoms with E-state index in [1.165, 1.54) is 34.8 Å². The molecule has 0 amide bonds. The summed E-state index contributed by atoms with van der Waals surface area (Å²) >= 11 is 1.85. The Kier molecular flexibility index (Phi) is 6.14. The summed E-state index contributed by atoms with van der Waals surface area (Å²) in [5.74, 6) is 0.783. The summed E-state index contributed by atoms with van der Waals surface area (Å²) < 4.78 is 0. The van der Waals surface area contributed by atoms with Crippen molar-refractivity contribution in [3.63, 3.8) is 0 Å². The van der Waals surface area contributed by atoms with Crippen LogP contribution in [0.15, 0.2) is 0 Å². The van der Waals surface area contributed by atoms with Crippen LogP contribution < -0.4 is 5.32 Å². The molecule has 0 aliphatic carbocycles. The maximum absolute atomic E-state index is 4.55. The average molecular weight is 254 g/mol. The summed E-state index contributed by atoms with van der Waals surface area (Å²) in [5, 5.41) is 4.80. The van der Waals surface area contributed by atoms with Crippen LogP contribution in [0.3, 0.4) is 0 Å². The van der Waals surface area contributed by atoms with Gasteiger partial charge in [0.15, 0.2) is 0 Å². The number of rotatable bonds is 7. The van der Waals surface area contributed by atoms with Gasteiger partial charge >= 0.3 is 0 Å². The highest BCUT2D eigenvalue weighted by molar-refractivity contribution is 7.11. The minimum Gasteiger partial charge on any atom is -0.309 e. The second kappa shape index (κ2) is 7.12. The molecule has 1 N–H and O–H groups in total. The number of thiazole rings is 1. The van der Waals surface area contributed by atoms with Crippen molar-refractivity contribution in [2.75, 3.05) is 6.54 Å². The molecule has 17 heavy (non-hydrogen) atoms. The predicted molar refractivity (Wildman–Crippen MR) is 76.7 cm³/mol. The fraction of sp³-hybridized carbons (Fsp3) is 0.786. The molecule has 1 rings (SSSR count). The zero-order valence-electron chi connectivity index (χ0n) is 11.8. The van der Waals surface area contributed by atoms with Gasteiger partial charge in [-0.3, -0.25) is 0 Å².